The molecular formula is C21H20O. The lowest BCUT2D eigenvalue weighted by Gasteiger charge is -2.31. The van der Waals surface area contributed by atoms with E-state index in [0.717, 1.165) is 23.1 Å². The van der Waals surface area contributed by atoms with Crippen LogP contribution in [0.4, 0.5) is 0 Å². The molecule has 2 aromatic carbocycles. The Hall–Kier alpha value is -2.41. The van der Waals surface area contributed by atoms with Crippen molar-refractivity contribution in [1.29, 1.82) is 0 Å². The van der Waals surface area contributed by atoms with Crippen molar-refractivity contribution in [3.8, 4) is 0 Å². The molecule has 0 N–H and O–H groups in total. The molecule has 0 heterocycles. The highest BCUT2D eigenvalue weighted by molar-refractivity contribution is 6.06. The minimum atomic E-state index is -0.577. The molecule has 0 aromatic heterocycles. The van der Waals surface area contributed by atoms with E-state index in [1.54, 1.807) is 0 Å². The van der Waals surface area contributed by atoms with Gasteiger partial charge in [-0.2, -0.15) is 0 Å². The topological polar surface area (TPSA) is 17.1 Å². The number of fused-ring (bicyclic) bond motifs is 2. The Morgan fingerprint density at radius 3 is 2.18 bits per heavy atom. The van der Waals surface area contributed by atoms with Crippen LogP contribution in [-0.4, -0.2) is 5.78 Å². The number of allylic oxidation sites excluding steroid dienone is 2. The van der Waals surface area contributed by atoms with E-state index in [-0.39, 0.29) is 5.78 Å². The Labute approximate surface area is 132 Å². The van der Waals surface area contributed by atoms with Gasteiger partial charge in [-0.1, -0.05) is 60.7 Å². The summed E-state index contributed by atoms with van der Waals surface area (Å²) in [7, 11) is 0. The first-order valence-electron chi connectivity index (χ1n) is 7.66. The second-order valence-corrected chi connectivity index (χ2v) is 5.89. The van der Waals surface area contributed by atoms with Crippen molar-refractivity contribution in [3.63, 3.8) is 0 Å². The highest BCUT2D eigenvalue weighted by Gasteiger charge is 2.42. The van der Waals surface area contributed by atoms with E-state index < -0.39 is 5.41 Å². The summed E-state index contributed by atoms with van der Waals surface area (Å²) in [4.78, 5) is 13.4. The number of rotatable bonds is 4. The number of ketones is 1. The van der Waals surface area contributed by atoms with Gasteiger partial charge < -0.3 is 0 Å². The molecule has 0 aliphatic heterocycles. The van der Waals surface area contributed by atoms with Gasteiger partial charge in [0.15, 0.2) is 5.78 Å². The largest absolute Gasteiger partial charge is 0.293 e. The van der Waals surface area contributed by atoms with Crippen LogP contribution in [0, 0.1) is 0 Å². The van der Waals surface area contributed by atoms with Crippen molar-refractivity contribution in [2.75, 3.05) is 0 Å². The molecule has 0 fully saturated rings. The van der Waals surface area contributed by atoms with Gasteiger partial charge in [-0.3, -0.25) is 4.79 Å². The summed E-state index contributed by atoms with van der Waals surface area (Å²) in [5, 5.41) is 0. The van der Waals surface area contributed by atoms with E-state index in [2.05, 4.69) is 31.4 Å². The van der Waals surface area contributed by atoms with Gasteiger partial charge in [0.05, 0.1) is 5.41 Å². The Morgan fingerprint density at radius 2 is 1.50 bits per heavy atom. The fourth-order valence-corrected chi connectivity index (χ4v) is 3.60. The maximum absolute atomic E-state index is 13.4. The molecule has 1 nitrogen and oxygen atoms in total. The van der Waals surface area contributed by atoms with Gasteiger partial charge in [-0.15, -0.1) is 13.2 Å². The van der Waals surface area contributed by atoms with Crippen molar-refractivity contribution in [2.24, 2.45) is 0 Å². The van der Waals surface area contributed by atoms with Crippen LogP contribution < -0.4 is 0 Å². The summed E-state index contributed by atoms with van der Waals surface area (Å²) in [5.41, 5.74) is 3.71. The third-order valence-corrected chi connectivity index (χ3v) is 4.60. The van der Waals surface area contributed by atoms with Crippen molar-refractivity contribution < 1.29 is 4.79 Å². The molecule has 110 valence electrons. The molecule has 0 radical (unpaired) electrons. The Kier molecular flexibility index (Phi) is 3.81. The minimum absolute atomic E-state index is 0.188. The van der Waals surface area contributed by atoms with Gasteiger partial charge in [0.1, 0.15) is 0 Å². The van der Waals surface area contributed by atoms with Gasteiger partial charge in [0.25, 0.3) is 0 Å². The molecule has 0 bridgehead atoms. The average molecular weight is 288 g/mol. The number of hydrogen-bond donors (Lipinski definition) is 0. The lowest BCUT2D eigenvalue weighted by atomic mass is 9.69. The summed E-state index contributed by atoms with van der Waals surface area (Å²) in [6.45, 7) is 7.78. The first-order chi connectivity index (χ1) is 10.7. The molecule has 0 saturated carbocycles. The van der Waals surface area contributed by atoms with Crippen molar-refractivity contribution in [1.82, 2.24) is 0 Å². The zero-order valence-electron chi connectivity index (χ0n) is 12.7. The minimum Gasteiger partial charge on any atom is -0.293 e. The molecule has 2 aromatic rings. The van der Waals surface area contributed by atoms with E-state index in [1.165, 1.54) is 5.56 Å². The predicted molar refractivity (Wildman–Crippen MR) is 91.3 cm³/mol. The maximum Gasteiger partial charge on any atom is 0.174 e. The number of carbonyl (C=O) groups is 1. The van der Waals surface area contributed by atoms with Gasteiger partial charge in [0, 0.05) is 5.56 Å². The second kappa shape index (κ2) is 5.76. The molecule has 1 aliphatic rings. The lowest BCUT2D eigenvalue weighted by Crippen LogP contribution is -2.35. The maximum atomic E-state index is 13.4. The smallest absolute Gasteiger partial charge is 0.174 e. The van der Waals surface area contributed by atoms with Crippen LogP contribution in [0.2, 0.25) is 0 Å². The lowest BCUT2D eigenvalue weighted by molar-refractivity contribution is 0.0885. The number of Topliss-reactive ketones (excluding diaryl/α,β-unsaturated/α-hetero) is 1. The monoisotopic (exact) mass is 288 g/mol. The Bertz CT molecular complexity index is 729. The standard InChI is InChI=1S/C21H20O/c1-3-13-21(14-4-2)19-12-8-6-10-17(19)15-16-9-5-7-11-18(16)20(21)22/h3-12H,1-2,13-15H2. The number of benzene rings is 2. The van der Waals surface area contributed by atoms with Crippen LogP contribution in [0.1, 0.15) is 39.9 Å². The van der Waals surface area contributed by atoms with E-state index >= 15 is 0 Å². The molecule has 0 spiro atoms. The first kappa shape index (κ1) is 14.5. The fraction of sp³-hybridized carbons (Fsp3) is 0.190. The fourth-order valence-electron chi connectivity index (χ4n) is 3.60. The summed E-state index contributed by atoms with van der Waals surface area (Å²) in [6.07, 6.45) is 5.76. The van der Waals surface area contributed by atoms with Crippen LogP contribution in [0.25, 0.3) is 0 Å². The van der Waals surface area contributed by atoms with Crippen LogP contribution in [-0.2, 0) is 11.8 Å². The Balaban J connectivity index is 2.33. The molecule has 0 amide bonds. The summed E-state index contributed by atoms with van der Waals surface area (Å²) >= 11 is 0. The van der Waals surface area contributed by atoms with E-state index in [4.69, 9.17) is 0 Å². The summed E-state index contributed by atoms with van der Waals surface area (Å²) in [6, 6.07) is 16.2. The molecule has 1 heteroatoms. The zero-order valence-corrected chi connectivity index (χ0v) is 12.7. The van der Waals surface area contributed by atoms with E-state index in [0.29, 0.717) is 12.8 Å². The second-order valence-electron chi connectivity index (χ2n) is 5.89. The predicted octanol–water partition coefficient (Wildman–Crippen LogP) is 4.86. The van der Waals surface area contributed by atoms with Gasteiger partial charge in [-0.05, 0) is 36.0 Å². The quantitative estimate of drug-likeness (QED) is 0.734. The third kappa shape index (κ3) is 2.14. The van der Waals surface area contributed by atoms with Crippen LogP contribution >= 0.6 is 0 Å². The molecule has 1 aliphatic carbocycles. The van der Waals surface area contributed by atoms with Crippen LogP contribution in [0.15, 0.2) is 73.8 Å². The average Bonchev–Trinajstić information content (AvgIpc) is 2.64. The van der Waals surface area contributed by atoms with Crippen LogP contribution in [0.3, 0.4) is 0 Å². The Morgan fingerprint density at radius 1 is 0.909 bits per heavy atom. The third-order valence-electron chi connectivity index (χ3n) is 4.60. The zero-order chi connectivity index (χ0) is 15.6. The molecule has 3 rings (SSSR count). The number of hydrogen-bond acceptors (Lipinski definition) is 1. The van der Waals surface area contributed by atoms with Crippen molar-refractivity contribution in [2.45, 2.75) is 24.7 Å². The molecule has 0 unspecified atom stereocenters. The highest BCUT2D eigenvalue weighted by atomic mass is 16.1. The molecule has 0 atom stereocenters. The highest BCUT2D eigenvalue weighted by Crippen LogP contribution is 2.42. The first-order valence-corrected chi connectivity index (χ1v) is 7.66. The molecule has 0 saturated heterocycles. The SMILES string of the molecule is C=CCC1(CC=C)C(=O)c2ccccc2Cc2ccccc21. The number of carbonyl (C=O) groups excluding carboxylic acids is 1. The summed E-state index contributed by atoms with van der Waals surface area (Å²) in [5.74, 6) is 0.188. The molecule has 22 heavy (non-hydrogen) atoms. The van der Waals surface area contributed by atoms with E-state index in [1.807, 2.05) is 42.5 Å². The van der Waals surface area contributed by atoms with Crippen LogP contribution in [0.5, 0.6) is 0 Å². The normalized spacial score (nSPS) is 15.4. The van der Waals surface area contributed by atoms with Crippen molar-refractivity contribution in [3.05, 3.63) is 96.1 Å². The van der Waals surface area contributed by atoms with E-state index in [9.17, 15) is 4.79 Å². The van der Waals surface area contributed by atoms with Gasteiger partial charge >= 0.3 is 0 Å². The van der Waals surface area contributed by atoms with Crippen molar-refractivity contribution >= 4 is 5.78 Å². The van der Waals surface area contributed by atoms with Gasteiger partial charge in [-0.25, -0.2) is 0 Å². The van der Waals surface area contributed by atoms with Gasteiger partial charge in [0.2, 0.25) is 0 Å². The molecular weight excluding hydrogens is 268 g/mol. The summed E-state index contributed by atoms with van der Waals surface area (Å²) < 4.78 is 0.